The normalized spacial score (nSPS) is 12.7. The van der Waals surface area contributed by atoms with Crippen LogP contribution in [-0.2, 0) is 4.79 Å². The van der Waals surface area contributed by atoms with Gasteiger partial charge in [0.1, 0.15) is 11.0 Å². The minimum atomic E-state index is -0.370. The van der Waals surface area contributed by atoms with E-state index in [4.69, 9.17) is 18.0 Å². The molecule has 0 aliphatic rings. The van der Waals surface area contributed by atoms with Crippen LogP contribution in [0.5, 0.6) is 0 Å². The van der Waals surface area contributed by atoms with Gasteiger partial charge < -0.3 is 16.4 Å². The summed E-state index contributed by atoms with van der Waals surface area (Å²) in [6, 6.07) is 5.40. The molecule has 110 valence electrons. The first kappa shape index (κ1) is 16.4. The second-order valence-corrected chi connectivity index (χ2v) is 6.46. The number of anilines is 1. The average Bonchev–Trinajstić information content (AvgIpc) is 2.28. The number of nitrogens with two attached hydrogens (primary N) is 1. The second-order valence-electron chi connectivity index (χ2n) is 6.02. The lowest BCUT2D eigenvalue weighted by Gasteiger charge is -2.24. The van der Waals surface area contributed by atoms with E-state index in [9.17, 15) is 4.79 Å². The van der Waals surface area contributed by atoms with Crippen molar-refractivity contribution in [1.29, 1.82) is 0 Å². The molecule has 0 aromatic heterocycles. The first-order valence-electron chi connectivity index (χ1n) is 6.59. The molecular weight excluding hydrogens is 270 g/mol. The van der Waals surface area contributed by atoms with Crippen molar-refractivity contribution in [3.63, 3.8) is 0 Å². The molecule has 0 saturated carbocycles. The average molecular weight is 293 g/mol. The van der Waals surface area contributed by atoms with Gasteiger partial charge in [-0.2, -0.15) is 0 Å². The number of thiocarbonyl (C=S) groups is 1. The molecule has 0 bridgehead atoms. The number of carbonyl (C=O) groups excluding carboxylic acids is 1. The Kier molecular flexibility index (Phi) is 5.11. The molecule has 0 heterocycles. The van der Waals surface area contributed by atoms with Crippen molar-refractivity contribution in [3.8, 4) is 0 Å². The number of nitrogens with one attached hydrogen (secondary N) is 2. The largest absolute Gasteiger partial charge is 0.389 e. The highest BCUT2D eigenvalue weighted by Crippen LogP contribution is 2.18. The molecule has 4 N–H and O–H groups in total. The standard InChI is InChI=1S/C15H23N3OS/c1-9-6-7-12(11(8-9)13(16)20)17-10(2)14(19)18-15(3,4)5/h6-8,10,17H,1-5H3,(H2,16,20)(H,18,19). The summed E-state index contributed by atoms with van der Waals surface area (Å²) in [6.07, 6.45) is 0. The van der Waals surface area contributed by atoms with Gasteiger partial charge in [0.25, 0.3) is 0 Å². The Hall–Kier alpha value is -1.62. The lowest BCUT2D eigenvalue weighted by atomic mass is 10.1. The Bertz CT molecular complexity index is 520. The van der Waals surface area contributed by atoms with Crippen molar-refractivity contribution in [3.05, 3.63) is 29.3 Å². The Labute approximate surface area is 126 Å². The van der Waals surface area contributed by atoms with Crippen LogP contribution in [0.1, 0.15) is 38.8 Å². The molecule has 0 aliphatic heterocycles. The van der Waals surface area contributed by atoms with Crippen LogP contribution >= 0.6 is 12.2 Å². The molecule has 0 radical (unpaired) electrons. The van der Waals surface area contributed by atoms with Crippen LogP contribution in [0.4, 0.5) is 5.69 Å². The zero-order chi connectivity index (χ0) is 15.5. The van der Waals surface area contributed by atoms with Crippen LogP contribution in [0.25, 0.3) is 0 Å². The zero-order valence-corrected chi connectivity index (χ0v) is 13.5. The summed E-state index contributed by atoms with van der Waals surface area (Å²) < 4.78 is 0. The molecule has 1 atom stereocenters. The zero-order valence-electron chi connectivity index (χ0n) is 12.7. The minimum Gasteiger partial charge on any atom is -0.389 e. The number of aryl methyl sites for hydroxylation is 1. The van der Waals surface area contributed by atoms with E-state index in [2.05, 4.69) is 10.6 Å². The van der Waals surface area contributed by atoms with Crippen LogP contribution in [-0.4, -0.2) is 22.5 Å². The minimum absolute atomic E-state index is 0.0630. The van der Waals surface area contributed by atoms with E-state index in [1.54, 1.807) is 0 Å². The Morgan fingerprint density at radius 1 is 1.35 bits per heavy atom. The molecule has 0 aliphatic carbocycles. The number of hydrogen-bond donors (Lipinski definition) is 3. The van der Waals surface area contributed by atoms with Crippen LogP contribution in [0, 0.1) is 6.92 Å². The first-order chi connectivity index (χ1) is 9.10. The smallest absolute Gasteiger partial charge is 0.242 e. The maximum absolute atomic E-state index is 12.1. The Balaban J connectivity index is 2.88. The molecule has 4 nitrogen and oxygen atoms in total. The van der Waals surface area contributed by atoms with Gasteiger partial charge in [-0.15, -0.1) is 0 Å². The third-order valence-electron chi connectivity index (χ3n) is 2.70. The number of carbonyl (C=O) groups is 1. The van der Waals surface area contributed by atoms with Gasteiger partial charge >= 0.3 is 0 Å². The third kappa shape index (κ3) is 4.81. The quantitative estimate of drug-likeness (QED) is 0.746. The van der Waals surface area contributed by atoms with Gasteiger partial charge in [0.2, 0.25) is 5.91 Å². The monoisotopic (exact) mass is 293 g/mol. The number of benzene rings is 1. The summed E-state index contributed by atoms with van der Waals surface area (Å²) in [5.41, 5.74) is 8.08. The number of hydrogen-bond acceptors (Lipinski definition) is 3. The maximum Gasteiger partial charge on any atom is 0.242 e. The van der Waals surface area contributed by atoms with Crippen LogP contribution in [0.15, 0.2) is 18.2 Å². The summed E-state index contributed by atoms with van der Waals surface area (Å²) in [5, 5.41) is 6.10. The summed E-state index contributed by atoms with van der Waals surface area (Å²) in [4.78, 5) is 12.4. The van der Waals surface area contributed by atoms with E-state index in [-0.39, 0.29) is 17.5 Å². The fraction of sp³-hybridized carbons (Fsp3) is 0.467. The van der Waals surface area contributed by atoms with E-state index in [0.29, 0.717) is 4.99 Å². The van der Waals surface area contributed by atoms with E-state index in [1.165, 1.54) is 0 Å². The molecule has 1 aromatic carbocycles. The van der Waals surface area contributed by atoms with Crippen LogP contribution in [0.2, 0.25) is 0 Å². The van der Waals surface area contributed by atoms with Crippen molar-refractivity contribution in [2.75, 3.05) is 5.32 Å². The lowest BCUT2D eigenvalue weighted by Crippen LogP contribution is -2.47. The van der Waals surface area contributed by atoms with Crippen LogP contribution < -0.4 is 16.4 Å². The summed E-state index contributed by atoms with van der Waals surface area (Å²) >= 11 is 5.05. The Morgan fingerprint density at radius 3 is 2.45 bits per heavy atom. The highest BCUT2D eigenvalue weighted by molar-refractivity contribution is 7.80. The highest BCUT2D eigenvalue weighted by atomic mass is 32.1. The molecule has 20 heavy (non-hydrogen) atoms. The molecule has 1 unspecified atom stereocenters. The maximum atomic E-state index is 12.1. The molecule has 1 aromatic rings. The number of rotatable bonds is 4. The molecule has 0 saturated heterocycles. The first-order valence-corrected chi connectivity index (χ1v) is 7.00. The fourth-order valence-corrected chi connectivity index (χ4v) is 1.93. The van der Waals surface area contributed by atoms with Gasteiger partial charge in [-0.3, -0.25) is 4.79 Å². The second kappa shape index (κ2) is 6.22. The van der Waals surface area contributed by atoms with E-state index >= 15 is 0 Å². The van der Waals surface area contributed by atoms with Gasteiger partial charge in [-0.1, -0.05) is 23.8 Å². The lowest BCUT2D eigenvalue weighted by molar-refractivity contribution is -0.122. The highest BCUT2D eigenvalue weighted by Gasteiger charge is 2.20. The molecule has 0 spiro atoms. The topological polar surface area (TPSA) is 67.2 Å². The van der Waals surface area contributed by atoms with Gasteiger partial charge in [-0.05, 0) is 46.8 Å². The summed E-state index contributed by atoms with van der Waals surface area (Å²) in [7, 11) is 0. The number of amides is 1. The third-order valence-corrected chi connectivity index (χ3v) is 2.92. The van der Waals surface area contributed by atoms with E-state index in [0.717, 1.165) is 16.8 Å². The van der Waals surface area contributed by atoms with Crippen molar-refractivity contribution < 1.29 is 4.79 Å². The van der Waals surface area contributed by atoms with E-state index in [1.807, 2.05) is 52.8 Å². The van der Waals surface area contributed by atoms with Crippen LogP contribution in [0.3, 0.4) is 0 Å². The van der Waals surface area contributed by atoms with E-state index < -0.39 is 0 Å². The summed E-state index contributed by atoms with van der Waals surface area (Å²) in [6.45, 7) is 9.63. The van der Waals surface area contributed by atoms with Crippen molar-refractivity contribution >= 4 is 28.8 Å². The van der Waals surface area contributed by atoms with Gasteiger partial charge in [-0.25, -0.2) is 0 Å². The molecular formula is C15H23N3OS. The molecule has 1 rings (SSSR count). The van der Waals surface area contributed by atoms with Crippen molar-refractivity contribution in [1.82, 2.24) is 5.32 Å². The Morgan fingerprint density at radius 2 is 1.95 bits per heavy atom. The van der Waals surface area contributed by atoms with Crippen molar-refractivity contribution in [2.45, 2.75) is 46.2 Å². The van der Waals surface area contributed by atoms with Gasteiger partial charge in [0.15, 0.2) is 0 Å². The summed E-state index contributed by atoms with van der Waals surface area (Å²) in [5.74, 6) is -0.0630. The predicted molar refractivity (Wildman–Crippen MR) is 88.0 cm³/mol. The molecule has 0 fully saturated rings. The van der Waals surface area contributed by atoms with Crippen molar-refractivity contribution in [2.24, 2.45) is 5.73 Å². The molecule has 1 amide bonds. The van der Waals surface area contributed by atoms with Gasteiger partial charge in [0, 0.05) is 16.8 Å². The van der Waals surface area contributed by atoms with Gasteiger partial charge in [0.05, 0.1) is 0 Å². The SMILES string of the molecule is Cc1ccc(NC(C)C(=O)NC(C)(C)C)c(C(N)=S)c1. The fourth-order valence-electron chi connectivity index (χ4n) is 1.76. The molecule has 5 heteroatoms. The predicted octanol–water partition coefficient (Wildman–Crippen LogP) is 2.34.